The van der Waals surface area contributed by atoms with E-state index in [1.54, 1.807) is 19.9 Å². The van der Waals surface area contributed by atoms with E-state index in [0.29, 0.717) is 5.56 Å². The second-order valence-electron chi connectivity index (χ2n) is 4.24. The molecule has 1 rings (SSSR count). The summed E-state index contributed by atoms with van der Waals surface area (Å²) in [6.45, 7) is 3.33. The van der Waals surface area contributed by atoms with Gasteiger partial charge < -0.3 is 10.1 Å². The van der Waals surface area contributed by atoms with Crippen LogP contribution in [0.3, 0.4) is 0 Å². The molecule has 20 heavy (non-hydrogen) atoms. The van der Waals surface area contributed by atoms with Crippen LogP contribution in [0.1, 0.15) is 22.8 Å². The predicted molar refractivity (Wildman–Crippen MR) is 73.3 cm³/mol. The van der Waals surface area contributed by atoms with Crippen LogP contribution in [-0.2, 0) is 19.4 Å². The zero-order valence-electron chi connectivity index (χ0n) is 11.6. The number of hydrogen-bond donors (Lipinski definition) is 1. The minimum Gasteiger partial charge on any atom is -0.465 e. The van der Waals surface area contributed by atoms with Crippen molar-refractivity contribution in [1.82, 2.24) is 5.32 Å². The van der Waals surface area contributed by atoms with Gasteiger partial charge in [0.15, 0.2) is 9.84 Å². The topological polar surface area (TPSA) is 89.5 Å². The van der Waals surface area contributed by atoms with E-state index in [2.05, 4.69) is 10.1 Å². The van der Waals surface area contributed by atoms with Gasteiger partial charge in [0.25, 0.3) is 5.91 Å². The molecule has 0 bridgehead atoms. The summed E-state index contributed by atoms with van der Waals surface area (Å²) < 4.78 is 27.6. The molecule has 7 heteroatoms. The van der Waals surface area contributed by atoms with Crippen molar-refractivity contribution < 1.29 is 22.7 Å². The molecular weight excluding hydrogens is 282 g/mol. The Kier molecular flexibility index (Phi) is 5.26. The maximum atomic E-state index is 11.9. The molecule has 0 heterocycles. The zero-order chi connectivity index (χ0) is 15.3. The number of ether oxygens (including phenoxy) is 1. The molecule has 1 aromatic rings. The van der Waals surface area contributed by atoms with Gasteiger partial charge in [0, 0.05) is 11.8 Å². The van der Waals surface area contributed by atoms with Crippen molar-refractivity contribution in [3.63, 3.8) is 0 Å². The Bertz CT molecular complexity index is 622. The van der Waals surface area contributed by atoms with Crippen LogP contribution in [-0.4, -0.2) is 39.7 Å². The fourth-order valence-corrected chi connectivity index (χ4v) is 2.18. The maximum Gasteiger partial charge on any atom is 0.325 e. The van der Waals surface area contributed by atoms with Gasteiger partial charge in [-0.3, -0.25) is 9.59 Å². The number of carbonyl (C=O) groups is 2. The Morgan fingerprint density at radius 1 is 1.30 bits per heavy atom. The number of rotatable bonds is 5. The third-order valence-electron chi connectivity index (χ3n) is 2.58. The van der Waals surface area contributed by atoms with E-state index < -0.39 is 21.7 Å². The lowest BCUT2D eigenvalue weighted by molar-refractivity contribution is -0.141. The molecule has 0 aliphatic carbocycles. The van der Waals surface area contributed by atoms with Crippen LogP contribution in [0, 0.1) is 6.92 Å². The van der Waals surface area contributed by atoms with Crippen molar-refractivity contribution in [2.45, 2.75) is 18.7 Å². The van der Waals surface area contributed by atoms with E-state index in [1.165, 1.54) is 12.1 Å². The molecular formula is C13H17NO5S. The summed E-state index contributed by atoms with van der Waals surface area (Å²) >= 11 is 0. The van der Waals surface area contributed by atoms with E-state index in [1.807, 2.05) is 0 Å². The Morgan fingerprint density at radius 2 is 1.95 bits per heavy atom. The first-order valence-electron chi connectivity index (χ1n) is 6.00. The quantitative estimate of drug-likeness (QED) is 0.808. The molecule has 1 N–H and O–H groups in total. The first-order valence-corrected chi connectivity index (χ1v) is 7.89. The van der Waals surface area contributed by atoms with Crippen molar-refractivity contribution >= 4 is 21.7 Å². The lowest BCUT2D eigenvalue weighted by Gasteiger charge is -2.09. The van der Waals surface area contributed by atoms with Crippen molar-refractivity contribution in [2.75, 3.05) is 19.4 Å². The second kappa shape index (κ2) is 6.51. The van der Waals surface area contributed by atoms with Gasteiger partial charge in [-0.15, -0.1) is 0 Å². The molecule has 0 aliphatic rings. The first kappa shape index (κ1) is 16.2. The lowest BCUT2D eigenvalue weighted by atomic mass is 10.1. The number of nitrogens with one attached hydrogen (secondary N) is 1. The van der Waals surface area contributed by atoms with E-state index in [4.69, 9.17) is 0 Å². The molecule has 0 atom stereocenters. The number of hydrogen-bond acceptors (Lipinski definition) is 5. The smallest absolute Gasteiger partial charge is 0.325 e. The number of amides is 1. The number of aryl methyl sites for hydroxylation is 1. The van der Waals surface area contributed by atoms with E-state index in [0.717, 1.165) is 6.26 Å². The van der Waals surface area contributed by atoms with Crippen LogP contribution < -0.4 is 5.32 Å². The number of benzene rings is 1. The summed E-state index contributed by atoms with van der Waals surface area (Å²) in [5.74, 6) is -1.06. The Labute approximate surface area is 118 Å². The summed E-state index contributed by atoms with van der Waals surface area (Å²) in [5.41, 5.74) is 0.844. The van der Waals surface area contributed by atoms with E-state index >= 15 is 0 Å². The Balaban J connectivity index is 2.90. The first-order chi connectivity index (χ1) is 9.25. The Morgan fingerprint density at radius 3 is 2.50 bits per heavy atom. The van der Waals surface area contributed by atoms with Crippen molar-refractivity contribution in [1.29, 1.82) is 0 Å². The highest BCUT2D eigenvalue weighted by molar-refractivity contribution is 7.90. The van der Waals surface area contributed by atoms with Gasteiger partial charge >= 0.3 is 5.97 Å². The molecule has 0 saturated heterocycles. The van der Waals surface area contributed by atoms with Gasteiger partial charge in [0.05, 0.1) is 11.5 Å². The normalized spacial score (nSPS) is 10.9. The monoisotopic (exact) mass is 299 g/mol. The molecule has 0 spiro atoms. The fraction of sp³-hybridized carbons (Fsp3) is 0.385. The minimum absolute atomic E-state index is 0.0596. The molecule has 1 aromatic carbocycles. The van der Waals surface area contributed by atoms with Gasteiger partial charge in [-0.25, -0.2) is 8.42 Å². The Hall–Kier alpha value is -1.89. The van der Waals surface area contributed by atoms with Crippen LogP contribution in [0.4, 0.5) is 0 Å². The molecule has 0 aromatic heterocycles. The van der Waals surface area contributed by atoms with Crippen LogP contribution in [0.5, 0.6) is 0 Å². The highest BCUT2D eigenvalue weighted by atomic mass is 32.2. The molecule has 1 amide bonds. The molecule has 0 unspecified atom stereocenters. The van der Waals surface area contributed by atoms with Gasteiger partial charge in [0.2, 0.25) is 0 Å². The standard InChI is InChI=1S/C13H17NO5S/c1-4-19-12(15)8-14-13(16)11-7-10(20(3,17)18)6-5-9(11)2/h5-7H,4,8H2,1-3H3,(H,14,16). The van der Waals surface area contributed by atoms with Gasteiger partial charge in [-0.2, -0.15) is 0 Å². The van der Waals surface area contributed by atoms with E-state index in [9.17, 15) is 18.0 Å². The minimum atomic E-state index is -3.39. The predicted octanol–water partition coefficient (Wildman–Crippen LogP) is 0.691. The van der Waals surface area contributed by atoms with Crippen molar-refractivity contribution in [2.24, 2.45) is 0 Å². The fourth-order valence-electron chi connectivity index (χ4n) is 1.54. The van der Waals surface area contributed by atoms with Crippen LogP contribution in [0.2, 0.25) is 0 Å². The van der Waals surface area contributed by atoms with Crippen LogP contribution >= 0.6 is 0 Å². The largest absolute Gasteiger partial charge is 0.465 e. The van der Waals surface area contributed by atoms with Gasteiger partial charge in [0.1, 0.15) is 6.54 Å². The lowest BCUT2D eigenvalue weighted by Crippen LogP contribution is -2.31. The van der Waals surface area contributed by atoms with Gasteiger partial charge in [-0.1, -0.05) is 6.07 Å². The third-order valence-corrected chi connectivity index (χ3v) is 3.69. The molecule has 0 saturated carbocycles. The maximum absolute atomic E-state index is 11.9. The van der Waals surface area contributed by atoms with E-state index in [-0.39, 0.29) is 23.6 Å². The second-order valence-corrected chi connectivity index (χ2v) is 6.25. The summed E-state index contributed by atoms with van der Waals surface area (Å²) in [6.07, 6.45) is 1.07. The number of carbonyl (C=O) groups excluding carboxylic acids is 2. The molecule has 0 aliphatic heterocycles. The summed E-state index contributed by atoms with van der Waals surface area (Å²) in [6, 6.07) is 4.29. The van der Waals surface area contributed by atoms with Crippen molar-refractivity contribution in [3.05, 3.63) is 29.3 Å². The SMILES string of the molecule is CCOC(=O)CNC(=O)c1cc(S(C)(=O)=O)ccc1C. The average molecular weight is 299 g/mol. The number of esters is 1. The molecule has 0 radical (unpaired) electrons. The molecule has 6 nitrogen and oxygen atoms in total. The zero-order valence-corrected chi connectivity index (χ0v) is 12.4. The number of sulfone groups is 1. The highest BCUT2D eigenvalue weighted by Gasteiger charge is 2.15. The van der Waals surface area contributed by atoms with Gasteiger partial charge in [-0.05, 0) is 31.5 Å². The average Bonchev–Trinajstić information content (AvgIpc) is 2.35. The van der Waals surface area contributed by atoms with Crippen LogP contribution in [0.25, 0.3) is 0 Å². The summed E-state index contributed by atoms with van der Waals surface area (Å²) in [5, 5.41) is 2.39. The molecule has 0 fully saturated rings. The summed E-state index contributed by atoms with van der Waals surface area (Å²) in [4.78, 5) is 23.2. The van der Waals surface area contributed by atoms with Crippen LogP contribution in [0.15, 0.2) is 23.1 Å². The third kappa shape index (κ3) is 4.34. The highest BCUT2D eigenvalue weighted by Crippen LogP contribution is 2.15. The molecule has 110 valence electrons. The summed E-state index contributed by atoms with van der Waals surface area (Å²) in [7, 11) is -3.39. The van der Waals surface area contributed by atoms with Crippen molar-refractivity contribution in [3.8, 4) is 0 Å².